The molecule has 0 aromatic heterocycles. The molecule has 14 heavy (non-hydrogen) atoms. The first-order chi connectivity index (χ1) is 6.73. The second-order valence-electron chi connectivity index (χ2n) is 4.15. The van der Waals surface area contributed by atoms with Crippen LogP contribution in [0.25, 0.3) is 0 Å². The predicted molar refractivity (Wildman–Crippen MR) is 61.8 cm³/mol. The van der Waals surface area contributed by atoms with Crippen LogP contribution in [-0.4, -0.2) is 11.7 Å². The van der Waals surface area contributed by atoms with Crippen molar-refractivity contribution in [2.45, 2.75) is 24.7 Å². The molecule has 1 N–H and O–H groups in total. The maximum atomic E-state index is 9.87. The van der Waals surface area contributed by atoms with Crippen LogP contribution in [-0.2, 0) is 5.41 Å². The molecular formula is C11H11IO2. The third-order valence-electron chi connectivity index (χ3n) is 3.30. The number of fused-ring (bicyclic) bond motifs is 2. The van der Waals surface area contributed by atoms with Crippen molar-refractivity contribution in [2.75, 3.05) is 6.61 Å². The Morgan fingerprint density at radius 2 is 2.07 bits per heavy atom. The van der Waals surface area contributed by atoms with Gasteiger partial charge in [-0.25, -0.2) is 0 Å². The monoisotopic (exact) mass is 302 g/mol. The SMILES string of the molecule is Oc1ccc(I)c2c1C1(CCO2)CC1. The van der Waals surface area contributed by atoms with Crippen molar-refractivity contribution >= 4 is 22.6 Å². The van der Waals surface area contributed by atoms with Gasteiger partial charge in [0.1, 0.15) is 11.5 Å². The molecule has 3 rings (SSSR count). The molecule has 74 valence electrons. The zero-order chi connectivity index (χ0) is 9.76. The minimum absolute atomic E-state index is 0.263. The highest BCUT2D eigenvalue weighted by Gasteiger charge is 2.49. The number of hydrogen-bond donors (Lipinski definition) is 1. The van der Waals surface area contributed by atoms with Crippen molar-refractivity contribution in [3.05, 3.63) is 21.3 Å². The lowest BCUT2D eigenvalue weighted by Crippen LogP contribution is -2.20. The summed E-state index contributed by atoms with van der Waals surface area (Å²) in [5, 5.41) is 9.87. The Morgan fingerprint density at radius 1 is 1.29 bits per heavy atom. The number of rotatable bonds is 0. The quantitative estimate of drug-likeness (QED) is 0.747. The molecule has 0 radical (unpaired) electrons. The van der Waals surface area contributed by atoms with Gasteiger partial charge >= 0.3 is 0 Å². The zero-order valence-corrected chi connectivity index (χ0v) is 9.87. The highest BCUT2D eigenvalue weighted by molar-refractivity contribution is 14.1. The van der Waals surface area contributed by atoms with Crippen LogP contribution in [0.1, 0.15) is 24.8 Å². The van der Waals surface area contributed by atoms with Gasteiger partial charge in [-0.2, -0.15) is 0 Å². The molecule has 1 saturated carbocycles. The first-order valence-corrected chi connectivity index (χ1v) is 5.96. The number of aromatic hydroxyl groups is 1. The van der Waals surface area contributed by atoms with E-state index in [4.69, 9.17) is 4.74 Å². The molecule has 0 bridgehead atoms. The van der Waals surface area contributed by atoms with Gasteiger partial charge in [0.2, 0.25) is 0 Å². The number of halogens is 1. The number of ether oxygens (including phenoxy) is 1. The Labute approximate surface area is 96.4 Å². The van der Waals surface area contributed by atoms with Crippen LogP contribution in [0.15, 0.2) is 12.1 Å². The van der Waals surface area contributed by atoms with Crippen molar-refractivity contribution < 1.29 is 9.84 Å². The predicted octanol–water partition coefficient (Wildman–Crippen LogP) is 2.81. The third kappa shape index (κ3) is 1.08. The van der Waals surface area contributed by atoms with Gasteiger partial charge in [-0.15, -0.1) is 0 Å². The van der Waals surface area contributed by atoms with E-state index in [1.807, 2.05) is 6.07 Å². The fourth-order valence-corrected chi connectivity index (χ4v) is 2.93. The lowest BCUT2D eigenvalue weighted by molar-refractivity contribution is 0.253. The summed E-state index contributed by atoms with van der Waals surface area (Å²) in [4.78, 5) is 0. The van der Waals surface area contributed by atoms with E-state index in [1.54, 1.807) is 6.07 Å². The first-order valence-electron chi connectivity index (χ1n) is 4.88. The van der Waals surface area contributed by atoms with Crippen molar-refractivity contribution in [2.24, 2.45) is 0 Å². The van der Waals surface area contributed by atoms with Crippen LogP contribution in [0.5, 0.6) is 11.5 Å². The largest absolute Gasteiger partial charge is 0.508 e. The molecule has 2 nitrogen and oxygen atoms in total. The van der Waals surface area contributed by atoms with Gasteiger partial charge in [0.15, 0.2) is 0 Å². The molecule has 0 atom stereocenters. The molecule has 3 heteroatoms. The van der Waals surface area contributed by atoms with E-state index in [0.717, 1.165) is 27.9 Å². The summed E-state index contributed by atoms with van der Waals surface area (Å²) >= 11 is 2.27. The van der Waals surface area contributed by atoms with Crippen molar-refractivity contribution in [3.8, 4) is 11.5 Å². The maximum Gasteiger partial charge on any atom is 0.140 e. The van der Waals surface area contributed by atoms with E-state index in [9.17, 15) is 5.11 Å². The van der Waals surface area contributed by atoms with Crippen LogP contribution in [0, 0.1) is 3.57 Å². The summed E-state index contributed by atoms with van der Waals surface area (Å²) in [7, 11) is 0. The van der Waals surface area contributed by atoms with Crippen LogP contribution < -0.4 is 4.74 Å². The molecule has 0 unspecified atom stereocenters. The molecule has 2 aliphatic rings. The van der Waals surface area contributed by atoms with Crippen LogP contribution in [0.3, 0.4) is 0 Å². The van der Waals surface area contributed by atoms with Gasteiger partial charge in [-0.1, -0.05) is 0 Å². The van der Waals surface area contributed by atoms with E-state index in [1.165, 1.54) is 12.8 Å². The summed E-state index contributed by atoms with van der Waals surface area (Å²) in [6.07, 6.45) is 3.47. The van der Waals surface area contributed by atoms with Gasteiger partial charge in [-0.05, 0) is 54.0 Å². The smallest absolute Gasteiger partial charge is 0.140 e. The van der Waals surface area contributed by atoms with E-state index in [-0.39, 0.29) is 5.41 Å². The highest BCUT2D eigenvalue weighted by atomic mass is 127. The average Bonchev–Trinajstić information content (AvgIpc) is 2.92. The summed E-state index contributed by atoms with van der Waals surface area (Å²) < 4.78 is 6.76. The van der Waals surface area contributed by atoms with Crippen molar-refractivity contribution in [1.82, 2.24) is 0 Å². The van der Waals surface area contributed by atoms with Crippen LogP contribution >= 0.6 is 22.6 Å². The Morgan fingerprint density at radius 3 is 2.79 bits per heavy atom. The fraction of sp³-hybridized carbons (Fsp3) is 0.455. The summed E-state index contributed by atoms with van der Waals surface area (Å²) in [5.74, 6) is 1.34. The Bertz CT molecular complexity index is 397. The molecule has 1 aliphatic carbocycles. The number of phenolic OH excluding ortho intramolecular Hbond substituents is 1. The van der Waals surface area contributed by atoms with Gasteiger partial charge in [0.05, 0.1) is 10.2 Å². The van der Waals surface area contributed by atoms with Gasteiger partial charge < -0.3 is 9.84 Å². The zero-order valence-electron chi connectivity index (χ0n) is 7.72. The molecule has 1 aromatic rings. The molecule has 1 fully saturated rings. The van der Waals surface area contributed by atoms with E-state index in [2.05, 4.69) is 22.6 Å². The van der Waals surface area contributed by atoms with Gasteiger partial charge in [0, 0.05) is 11.0 Å². The van der Waals surface area contributed by atoms with E-state index in [0.29, 0.717) is 5.75 Å². The second kappa shape index (κ2) is 2.78. The van der Waals surface area contributed by atoms with E-state index < -0.39 is 0 Å². The molecule has 1 aromatic carbocycles. The van der Waals surface area contributed by atoms with E-state index >= 15 is 0 Å². The third-order valence-corrected chi connectivity index (χ3v) is 4.15. The highest BCUT2D eigenvalue weighted by Crippen LogP contribution is 2.59. The van der Waals surface area contributed by atoms with Crippen LogP contribution in [0.4, 0.5) is 0 Å². The standard InChI is InChI=1S/C11H11IO2/c12-7-1-2-8(13)9-10(7)14-6-5-11(9)3-4-11/h1-2,13H,3-6H2. The molecule has 0 saturated heterocycles. The minimum Gasteiger partial charge on any atom is -0.508 e. The second-order valence-corrected chi connectivity index (χ2v) is 5.31. The molecule has 1 spiro atoms. The topological polar surface area (TPSA) is 29.5 Å². The molecule has 1 heterocycles. The fourth-order valence-electron chi connectivity index (χ4n) is 2.32. The molecule has 1 aliphatic heterocycles. The Hall–Kier alpha value is -0.450. The Balaban J connectivity index is 2.25. The Kier molecular flexibility index (Phi) is 1.75. The van der Waals surface area contributed by atoms with Crippen LogP contribution in [0.2, 0.25) is 0 Å². The number of phenols is 1. The normalized spacial score (nSPS) is 21.5. The van der Waals surface area contributed by atoms with Gasteiger partial charge in [0.25, 0.3) is 0 Å². The number of hydrogen-bond acceptors (Lipinski definition) is 2. The maximum absolute atomic E-state index is 9.87. The van der Waals surface area contributed by atoms with Gasteiger partial charge in [-0.3, -0.25) is 0 Å². The van der Waals surface area contributed by atoms with Crippen molar-refractivity contribution in [3.63, 3.8) is 0 Å². The molecular weight excluding hydrogens is 291 g/mol. The lowest BCUT2D eigenvalue weighted by atomic mass is 9.89. The first kappa shape index (κ1) is 8.83. The lowest BCUT2D eigenvalue weighted by Gasteiger charge is -2.27. The van der Waals surface area contributed by atoms with Crippen molar-refractivity contribution in [1.29, 1.82) is 0 Å². The summed E-state index contributed by atoms with van der Waals surface area (Å²) in [6.45, 7) is 0.798. The number of benzene rings is 1. The average molecular weight is 302 g/mol. The molecule has 0 amide bonds. The summed E-state index contributed by atoms with van der Waals surface area (Å²) in [5.41, 5.74) is 1.33. The minimum atomic E-state index is 0.263. The summed E-state index contributed by atoms with van der Waals surface area (Å²) in [6, 6.07) is 3.70.